The molecule has 20 heavy (non-hydrogen) atoms. The number of nitrogens with two attached hydrogens (primary N) is 1. The molecule has 4 nitrogen and oxygen atoms in total. The molecule has 3 aromatic rings. The number of aromatic nitrogens is 2. The molecule has 0 aliphatic heterocycles. The van der Waals surface area contributed by atoms with Gasteiger partial charge in [0.1, 0.15) is 28.7 Å². The molecule has 1 saturated carbocycles. The summed E-state index contributed by atoms with van der Waals surface area (Å²) in [5.74, 6) is 2.86. The normalized spacial score (nSPS) is 21.5. The van der Waals surface area contributed by atoms with Gasteiger partial charge in [0, 0.05) is 12.1 Å². The van der Waals surface area contributed by atoms with Crippen molar-refractivity contribution in [2.75, 3.05) is 5.73 Å². The third-order valence-electron chi connectivity index (χ3n) is 3.95. The molecule has 5 heteroatoms. The number of furan rings is 1. The average molecular weight is 271 g/mol. The van der Waals surface area contributed by atoms with Crippen LogP contribution in [0.4, 0.5) is 10.2 Å². The first-order chi connectivity index (χ1) is 9.63. The number of fused-ring (bicyclic) bond motifs is 1. The highest BCUT2D eigenvalue weighted by molar-refractivity contribution is 5.71. The largest absolute Gasteiger partial charge is 0.459 e. The molecule has 2 unspecified atom stereocenters. The van der Waals surface area contributed by atoms with Crippen LogP contribution < -0.4 is 5.73 Å². The van der Waals surface area contributed by atoms with Gasteiger partial charge in [-0.05, 0) is 36.6 Å². The molecule has 0 bridgehead atoms. The predicted molar refractivity (Wildman–Crippen MR) is 73.8 cm³/mol. The first-order valence-electron chi connectivity index (χ1n) is 6.66. The van der Waals surface area contributed by atoms with E-state index >= 15 is 0 Å². The minimum atomic E-state index is -0.347. The van der Waals surface area contributed by atoms with Gasteiger partial charge in [-0.1, -0.05) is 6.92 Å². The molecule has 0 radical (unpaired) electrons. The smallest absolute Gasteiger partial charge is 0.156 e. The van der Waals surface area contributed by atoms with Crippen LogP contribution in [0.1, 0.15) is 25.0 Å². The lowest BCUT2D eigenvalue weighted by Crippen LogP contribution is -1.94. The summed E-state index contributed by atoms with van der Waals surface area (Å²) >= 11 is 0. The second-order valence-electron chi connectivity index (χ2n) is 5.44. The highest BCUT2D eigenvalue weighted by atomic mass is 19.1. The maximum Gasteiger partial charge on any atom is 0.156 e. The molecule has 0 spiro atoms. The van der Waals surface area contributed by atoms with E-state index in [1.165, 1.54) is 23.1 Å². The van der Waals surface area contributed by atoms with E-state index in [9.17, 15) is 4.39 Å². The summed E-state index contributed by atoms with van der Waals surface area (Å²) in [6.07, 6.45) is 2.49. The quantitative estimate of drug-likeness (QED) is 0.776. The predicted octanol–water partition coefficient (Wildman–Crippen LogP) is 3.44. The van der Waals surface area contributed by atoms with E-state index in [4.69, 9.17) is 10.2 Å². The molecule has 4 rings (SSSR count). The number of pyridine rings is 1. The van der Waals surface area contributed by atoms with Crippen LogP contribution in [-0.2, 0) is 0 Å². The molecule has 2 atom stereocenters. The molecule has 0 amide bonds. The number of anilines is 1. The van der Waals surface area contributed by atoms with Crippen molar-refractivity contribution in [3.05, 3.63) is 42.0 Å². The van der Waals surface area contributed by atoms with Gasteiger partial charge in [-0.15, -0.1) is 0 Å². The standard InChI is InChI=1S/C15H14FN3O/c1-8-6-10(8)11-3-4-12(20-11)14-15(17)19-7-9(16)2-5-13(19)18-14/h2-5,7-8,10H,6,17H2,1H3. The number of hydrogen-bond donors (Lipinski definition) is 1. The molecule has 102 valence electrons. The first kappa shape index (κ1) is 11.5. The van der Waals surface area contributed by atoms with Crippen LogP contribution in [0, 0.1) is 11.7 Å². The molecule has 1 aliphatic rings. The van der Waals surface area contributed by atoms with E-state index in [1.807, 2.05) is 12.1 Å². The number of nitrogens with zero attached hydrogens (tertiary/aromatic N) is 2. The van der Waals surface area contributed by atoms with Crippen molar-refractivity contribution in [3.8, 4) is 11.5 Å². The van der Waals surface area contributed by atoms with Gasteiger partial charge in [0.05, 0.1) is 0 Å². The number of hydrogen-bond acceptors (Lipinski definition) is 3. The Labute approximate surface area is 115 Å². The molecule has 3 heterocycles. The Bertz CT molecular complexity index is 805. The van der Waals surface area contributed by atoms with Crippen LogP contribution in [0.15, 0.2) is 34.9 Å². The van der Waals surface area contributed by atoms with Crippen molar-refractivity contribution >= 4 is 11.5 Å². The van der Waals surface area contributed by atoms with Crippen molar-refractivity contribution in [2.24, 2.45) is 5.92 Å². The second-order valence-corrected chi connectivity index (χ2v) is 5.44. The Balaban J connectivity index is 1.81. The van der Waals surface area contributed by atoms with Crippen LogP contribution in [0.2, 0.25) is 0 Å². The SMILES string of the molecule is CC1CC1c1ccc(-c2nc3ccc(F)cn3c2N)o1. The van der Waals surface area contributed by atoms with Gasteiger partial charge in [-0.2, -0.15) is 0 Å². The van der Waals surface area contributed by atoms with Crippen molar-refractivity contribution in [3.63, 3.8) is 0 Å². The highest BCUT2D eigenvalue weighted by Gasteiger charge is 2.36. The fourth-order valence-corrected chi connectivity index (χ4v) is 2.62. The molecular formula is C15H14FN3O. The van der Waals surface area contributed by atoms with Gasteiger partial charge in [0.15, 0.2) is 5.76 Å². The van der Waals surface area contributed by atoms with Crippen LogP contribution in [0.5, 0.6) is 0 Å². The van der Waals surface area contributed by atoms with E-state index < -0.39 is 0 Å². The summed E-state index contributed by atoms with van der Waals surface area (Å²) in [7, 11) is 0. The van der Waals surface area contributed by atoms with Gasteiger partial charge in [0.2, 0.25) is 0 Å². The summed E-state index contributed by atoms with van der Waals surface area (Å²) in [5.41, 5.74) is 7.21. The van der Waals surface area contributed by atoms with Crippen LogP contribution >= 0.6 is 0 Å². The lowest BCUT2D eigenvalue weighted by molar-refractivity contribution is 0.517. The fourth-order valence-electron chi connectivity index (χ4n) is 2.62. The maximum absolute atomic E-state index is 13.3. The third-order valence-corrected chi connectivity index (χ3v) is 3.95. The minimum absolute atomic E-state index is 0.347. The Morgan fingerprint density at radius 1 is 1.35 bits per heavy atom. The zero-order valence-electron chi connectivity index (χ0n) is 11.0. The lowest BCUT2D eigenvalue weighted by Gasteiger charge is -1.97. The van der Waals surface area contributed by atoms with Crippen LogP contribution in [0.25, 0.3) is 17.1 Å². The Kier molecular flexibility index (Phi) is 2.22. The molecular weight excluding hydrogens is 257 g/mol. The van der Waals surface area contributed by atoms with E-state index in [0.29, 0.717) is 34.8 Å². The van der Waals surface area contributed by atoms with Crippen LogP contribution in [-0.4, -0.2) is 9.38 Å². The zero-order chi connectivity index (χ0) is 13.9. The summed E-state index contributed by atoms with van der Waals surface area (Å²) in [6.45, 7) is 2.20. The Hall–Kier alpha value is -2.30. The van der Waals surface area contributed by atoms with Crippen molar-refractivity contribution in [1.29, 1.82) is 0 Å². The topological polar surface area (TPSA) is 56.5 Å². The summed E-state index contributed by atoms with van der Waals surface area (Å²) in [5, 5.41) is 0. The van der Waals surface area contributed by atoms with Gasteiger partial charge >= 0.3 is 0 Å². The first-order valence-corrected chi connectivity index (χ1v) is 6.66. The minimum Gasteiger partial charge on any atom is -0.459 e. The monoisotopic (exact) mass is 271 g/mol. The second kappa shape index (κ2) is 3.85. The van der Waals surface area contributed by atoms with Crippen molar-refractivity contribution in [2.45, 2.75) is 19.3 Å². The van der Waals surface area contributed by atoms with E-state index in [1.54, 1.807) is 6.07 Å². The number of halogens is 1. The highest BCUT2D eigenvalue weighted by Crippen LogP contribution is 2.48. The van der Waals surface area contributed by atoms with Gasteiger partial charge in [-0.3, -0.25) is 4.40 Å². The molecule has 0 aromatic carbocycles. The average Bonchev–Trinajstić information content (AvgIpc) is 2.87. The molecule has 1 aliphatic carbocycles. The Morgan fingerprint density at radius 3 is 2.90 bits per heavy atom. The fraction of sp³-hybridized carbons (Fsp3) is 0.267. The maximum atomic E-state index is 13.3. The molecule has 0 saturated heterocycles. The lowest BCUT2D eigenvalue weighted by atomic mass is 10.2. The van der Waals surface area contributed by atoms with Crippen molar-refractivity contribution < 1.29 is 8.81 Å². The summed E-state index contributed by atoms with van der Waals surface area (Å²) < 4.78 is 20.7. The van der Waals surface area contributed by atoms with E-state index in [-0.39, 0.29) is 5.82 Å². The van der Waals surface area contributed by atoms with Gasteiger partial charge < -0.3 is 10.2 Å². The number of imidazole rings is 1. The third kappa shape index (κ3) is 1.62. The van der Waals surface area contributed by atoms with Crippen molar-refractivity contribution in [1.82, 2.24) is 9.38 Å². The summed E-state index contributed by atoms with van der Waals surface area (Å²) in [4.78, 5) is 4.41. The molecule has 3 aromatic heterocycles. The van der Waals surface area contributed by atoms with E-state index in [2.05, 4.69) is 11.9 Å². The summed E-state index contributed by atoms with van der Waals surface area (Å²) in [6, 6.07) is 6.83. The zero-order valence-corrected chi connectivity index (χ0v) is 11.0. The number of rotatable bonds is 2. The molecule has 2 N–H and O–H groups in total. The molecule has 1 fully saturated rings. The van der Waals surface area contributed by atoms with Gasteiger partial charge in [-0.25, -0.2) is 9.37 Å². The van der Waals surface area contributed by atoms with E-state index in [0.717, 1.165) is 5.76 Å². The Morgan fingerprint density at radius 2 is 2.15 bits per heavy atom. The number of nitrogen functional groups attached to an aromatic ring is 1. The van der Waals surface area contributed by atoms with Gasteiger partial charge in [0.25, 0.3) is 0 Å². The van der Waals surface area contributed by atoms with Crippen LogP contribution in [0.3, 0.4) is 0 Å².